The first-order valence-electron chi connectivity index (χ1n) is 7.33. The lowest BCUT2D eigenvalue weighted by Gasteiger charge is -2.14. The maximum atomic E-state index is 11.2. The summed E-state index contributed by atoms with van der Waals surface area (Å²) in [4.78, 5) is 15.6. The van der Waals surface area contributed by atoms with Gasteiger partial charge in [0, 0.05) is 12.5 Å². The van der Waals surface area contributed by atoms with Gasteiger partial charge in [0.1, 0.15) is 6.10 Å². The third-order valence-corrected chi connectivity index (χ3v) is 3.80. The van der Waals surface area contributed by atoms with Gasteiger partial charge in [-0.1, -0.05) is 42.5 Å². The maximum Gasteiger partial charge on any atom is 0.303 e. The van der Waals surface area contributed by atoms with Gasteiger partial charge < -0.3 is 10.5 Å². The summed E-state index contributed by atoms with van der Waals surface area (Å²) >= 11 is 0. The molecule has 0 amide bonds. The Bertz CT molecular complexity index is 727. The van der Waals surface area contributed by atoms with Gasteiger partial charge in [-0.05, 0) is 24.0 Å². The van der Waals surface area contributed by atoms with Gasteiger partial charge in [0.2, 0.25) is 0 Å². The molecule has 0 spiro atoms. The van der Waals surface area contributed by atoms with Crippen LogP contribution in [0.3, 0.4) is 0 Å². The van der Waals surface area contributed by atoms with E-state index in [0.717, 1.165) is 35.2 Å². The van der Waals surface area contributed by atoms with Gasteiger partial charge in [-0.3, -0.25) is 9.78 Å². The number of aromatic nitrogens is 1. The van der Waals surface area contributed by atoms with Crippen molar-refractivity contribution in [3.8, 4) is 0 Å². The van der Waals surface area contributed by atoms with Crippen LogP contribution in [0.1, 0.15) is 36.3 Å². The Morgan fingerprint density at radius 2 is 2.05 bits per heavy atom. The Labute approximate surface area is 129 Å². The van der Waals surface area contributed by atoms with Gasteiger partial charge in [-0.15, -0.1) is 0 Å². The van der Waals surface area contributed by atoms with E-state index in [1.165, 1.54) is 6.92 Å². The molecule has 1 aromatic rings. The van der Waals surface area contributed by atoms with E-state index in [4.69, 9.17) is 10.5 Å². The molecule has 22 heavy (non-hydrogen) atoms. The maximum absolute atomic E-state index is 11.2. The molecule has 4 heteroatoms. The molecular weight excluding hydrogens is 276 g/mol. The van der Waals surface area contributed by atoms with Crippen LogP contribution in [0, 0.1) is 0 Å². The predicted molar refractivity (Wildman–Crippen MR) is 86.9 cm³/mol. The van der Waals surface area contributed by atoms with Crippen molar-refractivity contribution in [2.45, 2.75) is 25.9 Å². The SMILES string of the molecule is CC(=O)OC1CCc2c1ncc(N)c2C1=C/C=C\C=C/C=C\1. The van der Waals surface area contributed by atoms with Gasteiger partial charge in [0.25, 0.3) is 0 Å². The number of hydrogen-bond acceptors (Lipinski definition) is 4. The fourth-order valence-corrected chi connectivity index (χ4v) is 2.92. The summed E-state index contributed by atoms with van der Waals surface area (Å²) in [5.41, 5.74) is 10.8. The zero-order chi connectivity index (χ0) is 15.5. The highest BCUT2D eigenvalue weighted by Crippen LogP contribution is 2.39. The van der Waals surface area contributed by atoms with Crippen molar-refractivity contribution in [2.75, 3.05) is 5.73 Å². The van der Waals surface area contributed by atoms with E-state index < -0.39 is 0 Å². The highest BCUT2D eigenvalue weighted by Gasteiger charge is 2.30. The molecule has 1 unspecified atom stereocenters. The van der Waals surface area contributed by atoms with E-state index in [-0.39, 0.29) is 12.1 Å². The molecular formula is C18H18N2O2. The zero-order valence-corrected chi connectivity index (χ0v) is 12.5. The first kappa shape index (κ1) is 14.3. The molecule has 4 nitrogen and oxygen atoms in total. The third kappa shape index (κ3) is 2.72. The standard InChI is InChI=1S/C18H18N2O2/c1-12(21)22-16-10-9-14-17(15(19)11-20-18(14)16)13-7-5-3-2-4-6-8-13/h2-8,11,16H,9-10,19H2,1H3/b3-2-,4-2?,5-3?,6-4-,7-5-,8-6?,13-7?,13-8+. The summed E-state index contributed by atoms with van der Waals surface area (Å²) in [6.07, 6.45) is 16.9. The molecule has 0 bridgehead atoms. The smallest absolute Gasteiger partial charge is 0.303 e. The molecule has 112 valence electrons. The molecule has 0 saturated carbocycles. The fourth-order valence-electron chi connectivity index (χ4n) is 2.92. The van der Waals surface area contributed by atoms with Crippen LogP contribution < -0.4 is 5.73 Å². The Morgan fingerprint density at radius 3 is 2.86 bits per heavy atom. The second kappa shape index (κ2) is 6.02. The molecule has 0 aliphatic heterocycles. The van der Waals surface area contributed by atoms with Crippen LogP contribution in [0.5, 0.6) is 0 Å². The summed E-state index contributed by atoms with van der Waals surface area (Å²) < 4.78 is 5.36. The van der Waals surface area contributed by atoms with Crippen molar-refractivity contribution in [1.82, 2.24) is 4.98 Å². The predicted octanol–water partition coefficient (Wildman–Crippen LogP) is 3.28. The van der Waals surface area contributed by atoms with E-state index in [0.29, 0.717) is 5.69 Å². The van der Waals surface area contributed by atoms with Crippen molar-refractivity contribution in [3.05, 3.63) is 65.5 Å². The second-order valence-corrected chi connectivity index (χ2v) is 5.34. The highest BCUT2D eigenvalue weighted by atomic mass is 16.5. The molecule has 1 heterocycles. The van der Waals surface area contributed by atoms with E-state index in [1.54, 1.807) is 6.20 Å². The van der Waals surface area contributed by atoms with Gasteiger partial charge in [-0.25, -0.2) is 0 Å². The minimum absolute atomic E-state index is 0.263. The number of allylic oxidation sites excluding steroid dienone is 8. The minimum atomic E-state index is -0.281. The highest BCUT2D eigenvalue weighted by molar-refractivity contribution is 5.85. The lowest BCUT2D eigenvalue weighted by atomic mass is 9.96. The van der Waals surface area contributed by atoms with Crippen LogP contribution >= 0.6 is 0 Å². The van der Waals surface area contributed by atoms with Crippen molar-refractivity contribution in [2.24, 2.45) is 0 Å². The molecule has 0 radical (unpaired) electrons. The van der Waals surface area contributed by atoms with Crippen LogP contribution in [0.25, 0.3) is 5.57 Å². The average molecular weight is 294 g/mol. The number of nitrogens with two attached hydrogens (primary N) is 1. The molecule has 0 fully saturated rings. The van der Waals surface area contributed by atoms with Crippen LogP contribution in [-0.2, 0) is 16.0 Å². The second-order valence-electron chi connectivity index (χ2n) is 5.34. The number of fused-ring (bicyclic) bond motifs is 1. The monoisotopic (exact) mass is 294 g/mol. The number of esters is 1. The Hall–Kier alpha value is -2.62. The lowest BCUT2D eigenvalue weighted by Crippen LogP contribution is -2.08. The number of hydrogen-bond donors (Lipinski definition) is 1. The Balaban J connectivity index is 2.06. The van der Waals surface area contributed by atoms with Gasteiger partial charge in [-0.2, -0.15) is 0 Å². The summed E-state index contributed by atoms with van der Waals surface area (Å²) in [5, 5.41) is 0. The summed E-state index contributed by atoms with van der Waals surface area (Å²) in [6.45, 7) is 1.42. The molecule has 0 aromatic carbocycles. The number of carbonyl (C=O) groups excluding carboxylic acids is 1. The van der Waals surface area contributed by atoms with Crippen molar-refractivity contribution in [3.63, 3.8) is 0 Å². The Morgan fingerprint density at radius 1 is 1.27 bits per heavy atom. The molecule has 1 aromatic heterocycles. The molecule has 2 N–H and O–H groups in total. The fraction of sp³-hybridized carbons (Fsp3) is 0.222. The molecule has 0 saturated heterocycles. The number of nitrogen functional groups attached to an aromatic ring is 1. The Kier molecular flexibility index (Phi) is 3.92. The van der Waals surface area contributed by atoms with Crippen LogP contribution in [0.15, 0.2) is 48.7 Å². The van der Waals surface area contributed by atoms with E-state index in [2.05, 4.69) is 4.98 Å². The number of rotatable bonds is 2. The first-order valence-corrected chi connectivity index (χ1v) is 7.33. The summed E-state index contributed by atoms with van der Waals surface area (Å²) in [6, 6.07) is 0. The molecule has 2 aliphatic carbocycles. The molecule has 2 aliphatic rings. The van der Waals surface area contributed by atoms with Crippen LogP contribution in [0.2, 0.25) is 0 Å². The number of nitrogens with zero attached hydrogens (tertiary/aromatic N) is 1. The number of pyridine rings is 1. The zero-order valence-electron chi connectivity index (χ0n) is 12.5. The van der Waals surface area contributed by atoms with Crippen LogP contribution in [-0.4, -0.2) is 11.0 Å². The third-order valence-electron chi connectivity index (χ3n) is 3.80. The van der Waals surface area contributed by atoms with Crippen LogP contribution in [0.4, 0.5) is 5.69 Å². The quantitative estimate of drug-likeness (QED) is 0.850. The number of ether oxygens (including phenoxy) is 1. The van der Waals surface area contributed by atoms with E-state index >= 15 is 0 Å². The lowest BCUT2D eigenvalue weighted by molar-refractivity contribution is -0.146. The van der Waals surface area contributed by atoms with Gasteiger partial charge in [0.15, 0.2) is 0 Å². The minimum Gasteiger partial charge on any atom is -0.456 e. The normalized spacial score (nSPS) is 26.0. The average Bonchev–Trinajstić information content (AvgIpc) is 2.82. The van der Waals surface area contributed by atoms with Gasteiger partial charge >= 0.3 is 5.97 Å². The van der Waals surface area contributed by atoms with Crippen molar-refractivity contribution >= 4 is 17.2 Å². The van der Waals surface area contributed by atoms with E-state index in [1.807, 2.05) is 42.5 Å². The first-order chi connectivity index (χ1) is 10.7. The summed E-state index contributed by atoms with van der Waals surface area (Å²) in [7, 11) is 0. The summed E-state index contributed by atoms with van der Waals surface area (Å²) in [5.74, 6) is -0.281. The number of carbonyl (C=O) groups is 1. The van der Waals surface area contributed by atoms with E-state index in [9.17, 15) is 4.79 Å². The largest absolute Gasteiger partial charge is 0.456 e. The van der Waals surface area contributed by atoms with Crippen molar-refractivity contribution in [1.29, 1.82) is 0 Å². The van der Waals surface area contributed by atoms with Crippen molar-refractivity contribution < 1.29 is 9.53 Å². The molecule has 3 rings (SSSR count). The number of anilines is 1. The topological polar surface area (TPSA) is 65.2 Å². The van der Waals surface area contributed by atoms with Gasteiger partial charge in [0.05, 0.1) is 17.6 Å². The molecule has 1 atom stereocenters.